The predicted octanol–water partition coefficient (Wildman–Crippen LogP) is 10.6. The number of fused-ring (bicyclic) bond motifs is 1. The van der Waals surface area contributed by atoms with E-state index >= 15 is 0 Å². The van der Waals surface area contributed by atoms with Gasteiger partial charge in [-0.15, -0.1) is 23.1 Å². The second-order valence-electron chi connectivity index (χ2n) is 16.6. The van der Waals surface area contributed by atoms with Crippen molar-refractivity contribution in [2.45, 2.75) is 111 Å². The fraction of sp³-hybridized carbons (Fsp3) is 0.583. The molecular weight excluding hydrogens is 867 g/mol. The number of aryl methyl sites for hydroxylation is 1. The van der Waals surface area contributed by atoms with Crippen LogP contribution in [-0.4, -0.2) is 106 Å². The molecule has 3 aromatic heterocycles. The van der Waals surface area contributed by atoms with Crippen LogP contribution in [0.2, 0.25) is 0 Å². The normalized spacial score (nSPS) is 17.0. The van der Waals surface area contributed by atoms with E-state index in [1.807, 2.05) is 56.1 Å². The Morgan fingerprint density at radius 1 is 1.10 bits per heavy atom. The fourth-order valence-electron chi connectivity index (χ4n) is 7.94. The first-order chi connectivity index (χ1) is 30.2. The summed E-state index contributed by atoms with van der Waals surface area (Å²) < 4.78 is 13.6. The van der Waals surface area contributed by atoms with E-state index in [1.54, 1.807) is 58.6 Å². The van der Waals surface area contributed by atoms with E-state index < -0.39 is 0 Å². The first-order valence-corrected chi connectivity index (χ1v) is 27.2. The molecule has 11 nitrogen and oxygen atoms in total. The number of urea groups is 1. The van der Waals surface area contributed by atoms with Gasteiger partial charge >= 0.3 is 6.03 Å². The second-order valence-corrected chi connectivity index (χ2v) is 20.2. The molecule has 4 atom stereocenters. The lowest BCUT2D eigenvalue weighted by atomic mass is 9.84. The predicted molar refractivity (Wildman–Crippen MR) is 272 cm³/mol. The number of carbonyl (C=O) groups is 2. The Bertz CT molecular complexity index is 2060. The molecule has 2 saturated heterocycles. The zero-order valence-electron chi connectivity index (χ0n) is 39.8. The molecule has 63 heavy (non-hydrogen) atoms. The third-order valence-electron chi connectivity index (χ3n) is 11.2. The van der Waals surface area contributed by atoms with E-state index in [-0.39, 0.29) is 34.7 Å². The van der Waals surface area contributed by atoms with E-state index in [0.717, 1.165) is 96.9 Å². The van der Waals surface area contributed by atoms with Crippen LogP contribution >= 0.6 is 46.6 Å². The Labute approximate surface area is 395 Å². The summed E-state index contributed by atoms with van der Waals surface area (Å²) in [5.41, 5.74) is 15.7. The average Bonchev–Trinajstić information content (AvgIpc) is 4.02. The van der Waals surface area contributed by atoms with Gasteiger partial charge in [0.2, 0.25) is 5.91 Å². The van der Waals surface area contributed by atoms with Gasteiger partial charge in [-0.05, 0) is 120 Å². The maximum absolute atomic E-state index is 13.5. The van der Waals surface area contributed by atoms with Crippen molar-refractivity contribution in [3.05, 3.63) is 58.2 Å². The molecule has 1 aromatic carbocycles. The Hall–Kier alpha value is -3.39. The number of primary amides is 1. The summed E-state index contributed by atoms with van der Waals surface area (Å²) in [6, 6.07) is 10.9. The van der Waals surface area contributed by atoms with Gasteiger partial charge in [0.15, 0.2) is 0 Å². The van der Waals surface area contributed by atoms with Crippen LogP contribution in [0.1, 0.15) is 96.0 Å². The molecule has 4 aromatic rings. The van der Waals surface area contributed by atoms with Gasteiger partial charge in [0.1, 0.15) is 12.7 Å². The lowest BCUT2D eigenvalue weighted by Crippen LogP contribution is -2.53. The minimum atomic E-state index is -0.278. The zero-order valence-corrected chi connectivity index (χ0v) is 43.1. The van der Waals surface area contributed by atoms with Crippen LogP contribution in [0.3, 0.4) is 0 Å². The highest BCUT2D eigenvalue weighted by atomic mass is 32.2. The molecule has 2 fully saturated rings. The van der Waals surface area contributed by atoms with Crippen molar-refractivity contribution in [3.63, 3.8) is 0 Å². The van der Waals surface area contributed by atoms with Crippen molar-refractivity contribution in [1.82, 2.24) is 29.9 Å². The molecule has 3 N–H and O–H groups in total. The first-order valence-electron chi connectivity index (χ1n) is 21.8. The van der Waals surface area contributed by atoms with Crippen LogP contribution in [0.15, 0.2) is 41.9 Å². The summed E-state index contributed by atoms with van der Waals surface area (Å²) in [6.07, 6.45) is 26.2. The standard InChI is InChI=1S/C38H49N5O3S2.C6H12N2O.2C2H6S/c1-9-26(37(44)43-19-13-15-33(41-43)47-8)21-34-40-31(23-48-34)27-16-17-32-29(20-27)30(22-38(5,6)24-46-11-3)36(42(32)10-2)28-14-12-18-39-35(28)25(4)45-7;1-5-3-2-4-8(5)6(7)9;2*1-3-2/h3,12,14,16-18,20,23,25-26,33,41H,9-10,13,15,19,21-22,24H2,1-2,4-8H3;5H,2-4H2,1H3,(H2,7,9);2*1-2H3. The number of aromatic nitrogens is 3. The number of hydrogen-bond donors (Lipinski definition) is 2. The van der Waals surface area contributed by atoms with Crippen LogP contribution in [-0.2, 0) is 33.7 Å². The van der Waals surface area contributed by atoms with Crippen LogP contribution in [0.25, 0.3) is 33.4 Å². The minimum absolute atomic E-state index is 0.108. The maximum atomic E-state index is 13.5. The number of amides is 3. The van der Waals surface area contributed by atoms with Crippen LogP contribution in [0.5, 0.6) is 0 Å². The van der Waals surface area contributed by atoms with Crippen molar-refractivity contribution < 1.29 is 19.1 Å². The van der Waals surface area contributed by atoms with Crippen LogP contribution in [0.4, 0.5) is 4.79 Å². The van der Waals surface area contributed by atoms with Gasteiger partial charge in [0, 0.05) is 84.1 Å². The number of likely N-dealkylation sites (tertiary alicyclic amines) is 1. The minimum Gasteiger partial charge on any atom is -0.446 e. The molecule has 2 aliphatic rings. The quantitative estimate of drug-likeness (QED) is 0.118. The van der Waals surface area contributed by atoms with Crippen molar-refractivity contribution >= 4 is 69.5 Å². The SMILES string of the molecule is C#COCC(C)(C)Cc1c(-c2cccnc2C(C)OC)n(CC)c2ccc(-c3csc(CC(CC)C(=O)N4CCCC(SC)N4)n3)cc12.CC1CCCN1C(N)=O.CSC.CSC. The van der Waals surface area contributed by atoms with Gasteiger partial charge in [0.05, 0.1) is 33.6 Å². The number of thiazole rings is 1. The van der Waals surface area contributed by atoms with Crippen molar-refractivity contribution in [2.24, 2.45) is 17.1 Å². The van der Waals surface area contributed by atoms with Gasteiger partial charge in [0.25, 0.3) is 0 Å². The van der Waals surface area contributed by atoms with Crippen LogP contribution < -0.4 is 11.2 Å². The highest BCUT2D eigenvalue weighted by Crippen LogP contribution is 2.42. The second kappa shape index (κ2) is 27.2. The molecule has 6 rings (SSSR count). The molecule has 4 unspecified atom stereocenters. The van der Waals surface area contributed by atoms with Gasteiger partial charge in [-0.25, -0.2) is 15.2 Å². The number of rotatable bonds is 14. The van der Waals surface area contributed by atoms with E-state index in [4.69, 9.17) is 31.6 Å². The third kappa shape index (κ3) is 15.1. The summed E-state index contributed by atoms with van der Waals surface area (Å²) in [7, 11) is 1.72. The number of terminal acetylenes is 1. The number of hydrogen-bond acceptors (Lipinski definition) is 11. The average molecular weight is 940 g/mol. The molecule has 3 amide bonds. The topological polar surface area (TPSA) is 128 Å². The van der Waals surface area contributed by atoms with Crippen molar-refractivity contribution in [1.29, 1.82) is 0 Å². The van der Waals surface area contributed by atoms with Crippen molar-refractivity contribution in [3.8, 4) is 35.0 Å². The zero-order chi connectivity index (χ0) is 46.7. The molecule has 0 aliphatic carbocycles. The molecule has 0 bridgehead atoms. The third-order valence-corrected chi connectivity index (χ3v) is 12.9. The summed E-state index contributed by atoms with van der Waals surface area (Å²) >= 11 is 6.90. The van der Waals surface area contributed by atoms with Gasteiger partial charge in [-0.2, -0.15) is 23.5 Å². The molecule has 2 aliphatic heterocycles. The number of ether oxygens (including phenoxy) is 2. The fourth-order valence-corrected chi connectivity index (χ4v) is 9.46. The Balaban J connectivity index is 0.000000601. The molecule has 5 heterocycles. The largest absolute Gasteiger partial charge is 0.446 e. The number of nitrogens with two attached hydrogens (primary N) is 1. The molecule has 0 radical (unpaired) electrons. The van der Waals surface area contributed by atoms with E-state index in [9.17, 15) is 9.59 Å². The smallest absolute Gasteiger partial charge is 0.315 e. The lowest BCUT2D eigenvalue weighted by molar-refractivity contribution is -0.140. The number of carbonyl (C=O) groups excluding carboxylic acids is 2. The number of nitrogens with one attached hydrogen (secondary N) is 1. The number of thioether (sulfide) groups is 3. The lowest BCUT2D eigenvalue weighted by Gasteiger charge is -2.35. The first kappa shape index (κ1) is 53.9. The van der Waals surface area contributed by atoms with Crippen molar-refractivity contribution in [2.75, 3.05) is 58.1 Å². The Morgan fingerprint density at radius 2 is 1.79 bits per heavy atom. The van der Waals surface area contributed by atoms with E-state index in [2.05, 4.69) is 79.7 Å². The molecule has 348 valence electrons. The number of benzene rings is 1. The summed E-state index contributed by atoms with van der Waals surface area (Å²) in [5, 5.41) is 6.41. The highest BCUT2D eigenvalue weighted by molar-refractivity contribution is 7.99. The Morgan fingerprint density at radius 3 is 2.37 bits per heavy atom. The Kier molecular flexibility index (Phi) is 23.3. The molecule has 15 heteroatoms. The highest BCUT2D eigenvalue weighted by Gasteiger charge is 2.30. The summed E-state index contributed by atoms with van der Waals surface area (Å²) in [6.45, 7) is 15.5. The maximum Gasteiger partial charge on any atom is 0.315 e. The summed E-state index contributed by atoms with van der Waals surface area (Å²) in [5.74, 6) is 0.0597. The number of methoxy groups -OCH3 is 1. The molecule has 0 saturated carbocycles. The monoisotopic (exact) mass is 939 g/mol. The number of pyridine rings is 1. The van der Waals surface area contributed by atoms with Gasteiger partial charge < -0.3 is 24.7 Å². The molecular formula is C48H73N7O4S4. The summed E-state index contributed by atoms with van der Waals surface area (Å²) in [4.78, 5) is 35.6. The number of nitrogens with zero attached hydrogens (tertiary/aromatic N) is 5. The van der Waals surface area contributed by atoms with E-state index in [0.29, 0.717) is 19.1 Å². The van der Waals surface area contributed by atoms with Gasteiger partial charge in [-0.3, -0.25) is 14.8 Å². The van der Waals surface area contributed by atoms with Gasteiger partial charge in [-0.1, -0.05) is 33.3 Å². The number of hydrazine groups is 1. The van der Waals surface area contributed by atoms with E-state index in [1.165, 1.54) is 10.9 Å². The van der Waals surface area contributed by atoms with Crippen LogP contribution in [0, 0.1) is 23.9 Å². The molecule has 0 spiro atoms.